The predicted octanol–water partition coefficient (Wildman–Crippen LogP) is 5.14. The number of hydrogen-bond donors (Lipinski definition) is 1. The Labute approximate surface area is 127 Å². The van der Waals surface area contributed by atoms with Crippen LogP contribution in [-0.4, -0.2) is 13.1 Å². The van der Waals surface area contributed by atoms with E-state index >= 15 is 0 Å². The average molecular weight is 300 g/mol. The Kier molecular flexibility index (Phi) is 8.16. The molecule has 1 aromatic rings. The van der Waals surface area contributed by atoms with Gasteiger partial charge < -0.3 is 5.32 Å². The first kappa shape index (κ1) is 17.5. The molecule has 1 N–H and O–H groups in total. The van der Waals surface area contributed by atoms with Gasteiger partial charge in [-0.15, -0.1) is 0 Å². The fourth-order valence-electron chi connectivity index (χ4n) is 2.22. The molecule has 0 saturated heterocycles. The van der Waals surface area contributed by atoms with Crippen LogP contribution in [0.2, 0.25) is 5.02 Å². The number of rotatable bonds is 9. The van der Waals surface area contributed by atoms with E-state index in [9.17, 15) is 4.39 Å². The fraction of sp³-hybridized carbons (Fsp3) is 0.647. The van der Waals surface area contributed by atoms with E-state index in [1.54, 1.807) is 6.92 Å². The number of unbranched alkanes of at least 4 members (excludes halogenated alkanes) is 3. The van der Waals surface area contributed by atoms with Gasteiger partial charge in [-0.2, -0.15) is 0 Å². The second kappa shape index (κ2) is 9.36. The molecule has 114 valence electrons. The van der Waals surface area contributed by atoms with Crippen molar-refractivity contribution < 1.29 is 4.39 Å². The summed E-state index contributed by atoms with van der Waals surface area (Å²) in [5, 5.41) is 4.02. The van der Waals surface area contributed by atoms with Gasteiger partial charge in [0.05, 0.1) is 0 Å². The predicted molar refractivity (Wildman–Crippen MR) is 86.0 cm³/mol. The zero-order chi connectivity index (χ0) is 15.0. The number of halogens is 2. The zero-order valence-corrected chi connectivity index (χ0v) is 13.7. The molecule has 0 atom stereocenters. The Bertz CT molecular complexity index is 404. The molecule has 0 radical (unpaired) electrons. The lowest BCUT2D eigenvalue weighted by Gasteiger charge is -2.08. The fourth-order valence-corrected chi connectivity index (χ4v) is 2.46. The molecule has 0 spiro atoms. The maximum Gasteiger partial charge on any atom is 0.127 e. The van der Waals surface area contributed by atoms with Crippen molar-refractivity contribution in [2.45, 2.75) is 52.9 Å². The van der Waals surface area contributed by atoms with Crippen molar-refractivity contribution in [2.75, 3.05) is 13.1 Å². The minimum atomic E-state index is -0.213. The molecule has 1 rings (SSSR count). The molecule has 0 aliphatic rings. The van der Waals surface area contributed by atoms with Crippen LogP contribution < -0.4 is 5.32 Å². The van der Waals surface area contributed by atoms with E-state index in [4.69, 9.17) is 11.6 Å². The van der Waals surface area contributed by atoms with Crippen LogP contribution in [0.4, 0.5) is 4.39 Å². The number of nitrogens with one attached hydrogen (secondary N) is 1. The highest BCUT2D eigenvalue weighted by atomic mass is 35.5. The Morgan fingerprint density at radius 1 is 1.15 bits per heavy atom. The summed E-state index contributed by atoms with van der Waals surface area (Å²) >= 11 is 6.06. The molecule has 0 aromatic heterocycles. The maximum absolute atomic E-state index is 13.3. The minimum absolute atomic E-state index is 0.213. The summed E-state index contributed by atoms with van der Waals surface area (Å²) < 4.78 is 13.3. The van der Waals surface area contributed by atoms with E-state index in [2.05, 4.69) is 19.2 Å². The largest absolute Gasteiger partial charge is 0.316 e. The SMILES string of the molecule is Cc1cc(CCCCCCNCC(C)C)c(Cl)cc1F. The van der Waals surface area contributed by atoms with E-state index in [1.165, 1.54) is 25.3 Å². The average Bonchev–Trinajstić information content (AvgIpc) is 2.38. The van der Waals surface area contributed by atoms with Gasteiger partial charge in [0, 0.05) is 5.02 Å². The molecule has 0 bridgehead atoms. The van der Waals surface area contributed by atoms with Crippen LogP contribution in [-0.2, 0) is 6.42 Å². The van der Waals surface area contributed by atoms with E-state index < -0.39 is 0 Å². The first-order valence-electron chi connectivity index (χ1n) is 7.66. The highest BCUT2D eigenvalue weighted by molar-refractivity contribution is 6.31. The van der Waals surface area contributed by atoms with Crippen LogP contribution in [0.3, 0.4) is 0 Å². The van der Waals surface area contributed by atoms with Gasteiger partial charge in [-0.1, -0.05) is 44.4 Å². The van der Waals surface area contributed by atoms with Gasteiger partial charge in [0.15, 0.2) is 0 Å². The summed E-state index contributed by atoms with van der Waals surface area (Å²) in [5.74, 6) is 0.508. The third-order valence-electron chi connectivity index (χ3n) is 3.43. The maximum atomic E-state index is 13.3. The van der Waals surface area contributed by atoms with Gasteiger partial charge >= 0.3 is 0 Å². The van der Waals surface area contributed by atoms with E-state index in [1.807, 2.05) is 6.07 Å². The van der Waals surface area contributed by atoms with Crippen LogP contribution >= 0.6 is 11.6 Å². The van der Waals surface area contributed by atoms with Gasteiger partial charge in [0.25, 0.3) is 0 Å². The Balaban J connectivity index is 2.14. The minimum Gasteiger partial charge on any atom is -0.316 e. The summed E-state index contributed by atoms with van der Waals surface area (Å²) in [6, 6.07) is 3.31. The van der Waals surface area contributed by atoms with Crippen molar-refractivity contribution >= 4 is 11.6 Å². The van der Waals surface area contributed by atoms with Gasteiger partial charge in [-0.05, 0) is 62.4 Å². The molecule has 0 amide bonds. The monoisotopic (exact) mass is 299 g/mol. The van der Waals surface area contributed by atoms with Crippen molar-refractivity contribution in [3.63, 3.8) is 0 Å². The van der Waals surface area contributed by atoms with Gasteiger partial charge in [-0.25, -0.2) is 4.39 Å². The summed E-state index contributed by atoms with van der Waals surface area (Å²) in [6.07, 6.45) is 5.73. The van der Waals surface area contributed by atoms with Crippen LogP contribution in [0.1, 0.15) is 50.7 Å². The Morgan fingerprint density at radius 3 is 2.55 bits per heavy atom. The number of hydrogen-bond acceptors (Lipinski definition) is 1. The smallest absolute Gasteiger partial charge is 0.127 e. The quantitative estimate of drug-likeness (QED) is 0.623. The van der Waals surface area contributed by atoms with Gasteiger partial charge in [0.1, 0.15) is 5.82 Å². The molecular formula is C17H27ClFN. The van der Waals surface area contributed by atoms with E-state index in [-0.39, 0.29) is 5.82 Å². The first-order chi connectivity index (χ1) is 9.50. The molecule has 0 fully saturated rings. The molecule has 0 saturated carbocycles. The third kappa shape index (κ3) is 6.71. The molecule has 0 unspecified atom stereocenters. The van der Waals surface area contributed by atoms with Gasteiger partial charge in [-0.3, -0.25) is 0 Å². The van der Waals surface area contributed by atoms with Crippen LogP contribution in [0.15, 0.2) is 12.1 Å². The molecule has 0 heterocycles. The molecule has 1 nitrogen and oxygen atoms in total. The molecule has 3 heteroatoms. The Hall–Kier alpha value is -0.600. The third-order valence-corrected chi connectivity index (χ3v) is 3.78. The highest BCUT2D eigenvalue weighted by Gasteiger charge is 2.05. The van der Waals surface area contributed by atoms with Crippen LogP contribution in [0.25, 0.3) is 0 Å². The van der Waals surface area contributed by atoms with Crippen molar-refractivity contribution in [3.8, 4) is 0 Å². The van der Waals surface area contributed by atoms with Crippen molar-refractivity contribution in [2.24, 2.45) is 5.92 Å². The van der Waals surface area contributed by atoms with Crippen molar-refractivity contribution in [3.05, 3.63) is 34.1 Å². The topological polar surface area (TPSA) is 12.0 Å². The van der Waals surface area contributed by atoms with Crippen molar-refractivity contribution in [1.29, 1.82) is 0 Å². The molecule has 20 heavy (non-hydrogen) atoms. The van der Waals surface area contributed by atoms with Crippen LogP contribution in [0.5, 0.6) is 0 Å². The lowest BCUT2D eigenvalue weighted by atomic mass is 10.0. The standard InChI is InChI=1S/C17H27ClFN/c1-13(2)12-20-9-7-5-4-6-8-15-10-14(3)17(19)11-16(15)18/h10-11,13,20H,4-9,12H2,1-3H3. The first-order valence-corrected chi connectivity index (χ1v) is 8.03. The molecular weight excluding hydrogens is 273 g/mol. The van der Waals surface area contributed by atoms with Crippen molar-refractivity contribution in [1.82, 2.24) is 5.32 Å². The zero-order valence-electron chi connectivity index (χ0n) is 12.9. The normalized spacial score (nSPS) is 11.3. The van der Waals surface area contributed by atoms with E-state index in [0.717, 1.165) is 37.4 Å². The summed E-state index contributed by atoms with van der Waals surface area (Å²) in [7, 11) is 0. The Morgan fingerprint density at radius 2 is 1.85 bits per heavy atom. The summed E-state index contributed by atoms with van der Waals surface area (Å²) in [4.78, 5) is 0. The number of aryl methyl sites for hydroxylation is 2. The number of benzene rings is 1. The summed E-state index contributed by atoms with van der Waals surface area (Å²) in [5.41, 5.74) is 1.76. The molecule has 1 aromatic carbocycles. The second-order valence-corrected chi connectivity index (χ2v) is 6.36. The van der Waals surface area contributed by atoms with Crippen LogP contribution in [0, 0.1) is 18.7 Å². The van der Waals surface area contributed by atoms with E-state index in [0.29, 0.717) is 10.6 Å². The van der Waals surface area contributed by atoms with Gasteiger partial charge in [0.2, 0.25) is 0 Å². The molecule has 0 aliphatic carbocycles. The lowest BCUT2D eigenvalue weighted by molar-refractivity contribution is 0.526. The second-order valence-electron chi connectivity index (χ2n) is 5.95. The lowest BCUT2D eigenvalue weighted by Crippen LogP contribution is -2.20. The summed E-state index contributed by atoms with van der Waals surface area (Å²) in [6.45, 7) is 8.44. The highest BCUT2D eigenvalue weighted by Crippen LogP contribution is 2.22. The molecule has 0 aliphatic heterocycles.